The number of fused-ring (bicyclic) bond motifs is 3. The Morgan fingerprint density at radius 2 is 2.33 bits per heavy atom. The van der Waals surface area contributed by atoms with E-state index in [0.717, 1.165) is 31.3 Å². The molecule has 0 aromatic carbocycles. The van der Waals surface area contributed by atoms with Crippen molar-refractivity contribution in [3.63, 3.8) is 0 Å². The van der Waals surface area contributed by atoms with E-state index in [1.807, 2.05) is 0 Å². The van der Waals surface area contributed by atoms with Crippen LogP contribution in [-0.4, -0.2) is 41.3 Å². The lowest BCUT2D eigenvalue weighted by molar-refractivity contribution is -0.140. The van der Waals surface area contributed by atoms with Crippen LogP contribution in [0.3, 0.4) is 0 Å². The minimum Gasteiger partial charge on any atom is -0.458 e. The fourth-order valence-electron chi connectivity index (χ4n) is 3.98. The molecule has 27 heavy (non-hydrogen) atoms. The topological polar surface area (TPSA) is 78.0 Å². The van der Waals surface area contributed by atoms with Gasteiger partial charge in [0, 0.05) is 23.9 Å². The van der Waals surface area contributed by atoms with Gasteiger partial charge in [0.15, 0.2) is 0 Å². The smallest absolute Gasteiger partial charge is 0.340 e. The molecule has 4 atom stereocenters. The van der Waals surface area contributed by atoms with Crippen molar-refractivity contribution in [3.05, 3.63) is 53.9 Å². The first kappa shape index (κ1) is 17.9. The van der Waals surface area contributed by atoms with E-state index in [1.54, 1.807) is 18.3 Å². The SMILES string of the molecule is C=C1C(=O)O[C@H]2[C@H]1CC/C(COC(=O)c1cccnc1)=C\CC[C@@]1(C)O[C@@H]21. The maximum atomic E-state index is 12.2. The van der Waals surface area contributed by atoms with Crippen LogP contribution in [0, 0.1) is 5.92 Å². The molecular formula is C21H23NO5. The van der Waals surface area contributed by atoms with Gasteiger partial charge in [-0.25, -0.2) is 9.59 Å². The van der Waals surface area contributed by atoms with E-state index >= 15 is 0 Å². The summed E-state index contributed by atoms with van der Waals surface area (Å²) in [5, 5.41) is 0. The fraction of sp³-hybridized carbons (Fsp3) is 0.476. The van der Waals surface area contributed by atoms with Crippen LogP contribution in [0.2, 0.25) is 0 Å². The molecule has 4 rings (SSSR count). The monoisotopic (exact) mass is 369 g/mol. The number of pyridine rings is 1. The molecule has 6 nitrogen and oxygen atoms in total. The van der Waals surface area contributed by atoms with Crippen LogP contribution < -0.4 is 0 Å². The van der Waals surface area contributed by atoms with Crippen molar-refractivity contribution in [3.8, 4) is 0 Å². The van der Waals surface area contributed by atoms with E-state index in [2.05, 4.69) is 24.6 Å². The number of epoxide rings is 1. The largest absolute Gasteiger partial charge is 0.458 e. The van der Waals surface area contributed by atoms with E-state index in [9.17, 15) is 9.59 Å². The molecule has 1 aromatic heterocycles. The van der Waals surface area contributed by atoms with Crippen molar-refractivity contribution >= 4 is 11.9 Å². The molecule has 1 aliphatic carbocycles. The number of esters is 2. The molecule has 0 unspecified atom stereocenters. The van der Waals surface area contributed by atoms with Gasteiger partial charge in [-0.15, -0.1) is 0 Å². The summed E-state index contributed by atoms with van der Waals surface area (Å²) in [5.74, 6) is -0.768. The summed E-state index contributed by atoms with van der Waals surface area (Å²) in [5.41, 5.74) is 1.73. The first-order valence-corrected chi connectivity index (χ1v) is 9.30. The van der Waals surface area contributed by atoms with Gasteiger partial charge < -0.3 is 14.2 Å². The molecule has 142 valence electrons. The fourth-order valence-corrected chi connectivity index (χ4v) is 3.98. The van der Waals surface area contributed by atoms with Crippen LogP contribution in [0.25, 0.3) is 0 Å². The van der Waals surface area contributed by atoms with Gasteiger partial charge in [0.05, 0.1) is 11.2 Å². The van der Waals surface area contributed by atoms with Gasteiger partial charge in [0.25, 0.3) is 0 Å². The molecule has 0 bridgehead atoms. The van der Waals surface area contributed by atoms with Crippen LogP contribution in [0.15, 0.2) is 48.3 Å². The Morgan fingerprint density at radius 3 is 3.11 bits per heavy atom. The summed E-state index contributed by atoms with van der Waals surface area (Å²) in [6, 6.07) is 3.38. The molecule has 0 N–H and O–H groups in total. The molecular weight excluding hydrogens is 346 g/mol. The second-order valence-electron chi connectivity index (χ2n) is 7.61. The molecule has 2 aliphatic heterocycles. The average Bonchev–Trinajstić information content (AvgIpc) is 3.26. The number of carbonyl (C=O) groups is 2. The standard InChI is InChI=1S/C21H23NO5/c1-13-16-8-7-14(12-25-20(24)15-6-4-10-22-11-15)5-3-9-21(2)18(27-21)17(16)26-19(13)23/h4-6,10-11,16-18H,1,3,7-9,12H2,2H3/b14-5+/t16-,17-,18-,21+/m0/s1. The van der Waals surface area contributed by atoms with Gasteiger partial charge in [0.2, 0.25) is 0 Å². The number of carbonyl (C=O) groups excluding carboxylic acids is 2. The van der Waals surface area contributed by atoms with Gasteiger partial charge in [-0.2, -0.15) is 0 Å². The summed E-state index contributed by atoms with van der Waals surface area (Å²) in [4.78, 5) is 28.1. The molecule has 1 aromatic rings. The van der Waals surface area contributed by atoms with Crippen LogP contribution in [0.4, 0.5) is 0 Å². The second kappa shape index (κ2) is 6.93. The predicted octanol–water partition coefficient (Wildman–Crippen LogP) is 2.99. The van der Waals surface area contributed by atoms with Crippen molar-refractivity contribution in [2.24, 2.45) is 5.92 Å². The molecule has 0 amide bonds. The first-order valence-electron chi connectivity index (χ1n) is 9.30. The minimum absolute atomic E-state index is 0.0518. The summed E-state index contributed by atoms with van der Waals surface area (Å²) in [6.45, 7) is 6.20. The van der Waals surface area contributed by atoms with Crippen molar-refractivity contribution in [2.45, 2.75) is 50.4 Å². The van der Waals surface area contributed by atoms with E-state index in [4.69, 9.17) is 14.2 Å². The summed E-state index contributed by atoms with van der Waals surface area (Å²) in [6.07, 6.45) is 8.04. The molecule has 3 aliphatic rings. The minimum atomic E-state index is -0.389. The van der Waals surface area contributed by atoms with Crippen LogP contribution in [0.1, 0.15) is 43.0 Å². The Kier molecular flexibility index (Phi) is 4.60. The highest BCUT2D eigenvalue weighted by molar-refractivity contribution is 5.91. The van der Waals surface area contributed by atoms with Gasteiger partial charge in [-0.05, 0) is 50.3 Å². The number of ether oxygens (including phenoxy) is 3. The lowest BCUT2D eigenvalue weighted by atomic mass is 9.84. The van der Waals surface area contributed by atoms with E-state index in [1.165, 1.54) is 6.20 Å². The summed E-state index contributed by atoms with van der Waals surface area (Å²) >= 11 is 0. The van der Waals surface area contributed by atoms with Crippen LogP contribution in [0.5, 0.6) is 0 Å². The molecule has 2 saturated heterocycles. The molecule has 0 saturated carbocycles. The number of nitrogens with zero attached hydrogens (tertiary/aromatic N) is 1. The highest BCUT2D eigenvalue weighted by Gasteiger charge is 2.61. The van der Waals surface area contributed by atoms with Gasteiger partial charge in [-0.1, -0.05) is 12.7 Å². The maximum Gasteiger partial charge on any atom is 0.340 e. The molecule has 0 radical (unpaired) electrons. The number of rotatable bonds is 3. The summed E-state index contributed by atoms with van der Waals surface area (Å²) < 4.78 is 16.9. The van der Waals surface area contributed by atoms with Crippen LogP contribution in [-0.2, 0) is 19.0 Å². The normalized spacial score (nSPS) is 34.6. The van der Waals surface area contributed by atoms with Crippen molar-refractivity contribution < 1.29 is 23.8 Å². The zero-order valence-electron chi connectivity index (χ0n) is 15.3. The Morgan fingerprint density at radius 1 is 1.48 bits per heavy atom. The molecule has 3 heterocycles. The lowest BCUT2D eigenvalue weighted by Gasteiger charge is -2.20. The number of hydrogen-bond donors (Lipinski definition) is 0. The number of aromatic nitrogens is 1. The van der Waals surface area contributed by atoms with Crippen molar-refractivity contribution in [2.75, 3.05) is 6.61 Å². The number of hydrogen-bond acceptors (Lipinski definition) is 6. The van der Waals surface area contributed by atoms with Gasteiger partial charge in [-0.3, -0.25) is 4.98 Å². The summed E-state index contributed by atoms with van der Waals surface area (Å²) in [7, 11) is 0. The predicted molar refractivity (Wildman–Crippen MR) is 96.9 cm³/mol. The molecule has 6 heteroatoms. The van der Waals surface area contributed by atoms with Crippen molar-refractivity contribution in [1.29, 1.82) is 0 Å². The molecule has 0 spiro atoms. The highest BCUT2D eigenvalue weighted by atomic mass is 16.6. The Labute approximate surface area is 158 Å². The van der Waals surface area contributed by atoms with E-state index in [-0.39, 0.29) is 42.3 Å². The Balaban J connectivity index is 1.44. The second-order valence-corrected chi connectivity index (χ2v) is 7.61. The van der Waals surface area contributed by atoms with Gasteiger partial charge in [0.1, 0.15) is 18.8 Å². The maximum absolute atomic E-state index is 12.2. The zero-order chi connectivity index (χ0) is 19.0. The number of allylic oxidation sites excluding steroid dienone is 1. The lowest BCUT2D eigenvalue weighted by Crippen LogP contribution is -2.29. The third-order valence-corrected chi connectivity index (χ3v) is 5.72. The molecule has 2 fully saturated rings. The average molecular weight is 369 g/mol. The van der Waals surface area contributed by atoms with Crippen molar-refractivity contribution in [1.82, 2.24) is 4.98 Å². The van der Waals surface area contributed by atoms with E-state index < -0.39 is 0 Å². The quantitative estimate of drug-likeness (QED) is 0.353. The Bertz CT molecular complexity index is 802. The Hall–Kier alpha value is -2.47. The highest BCUT2D eigenvalue weighted by Crippen LogP contribution is 2.49. The zero-order valence-corrected chi connectivity index (χ0v) is 15.3. The third kappa shape index (κ3) is 3.54. The van der Waals surface area contributed by atoms with Gasteiger partial charge >= 0.3 is 11.9 Å². The van der Waals surface area contributed by atoms with E-state index in [0.29, 0.717) is 11.1 Å². The first-order chi connectivity index (χ1) is 13.0. The third-order valence-electron chi connectivity index (χ3n) is 5.72. The van der Waals surface area contributed by atoms with Crippen LogP contribution >= 0.6 is 0 Å².